The fourth-order valence-corrected chi connectivity index (χ4v) is 3.77. The molecule has 0 bridgehead atoms. The summed E-state index contributed by atoms with van der Waals surface area (Å²) in [6.07, 6.45) is -1.95. The van der Waals surface area contributed by atoms with Crippen LogP contribution in [0, 0.1) is 24.0 Å². The summed E-state index contributed by atoms with van der Waals surface area (Å²) >= 11 is 0. The van der Waals surface area contributed by atoms with Crippen LogP contribution in [0.1, 0.15) is 16.8 Å². The lowest BCUT2D eigenvalue weighted by Crippen LogP contribution is -2.15. The van der Waals surface area contributed by atoms with Gasteiger partial charge < -0.3 is 4.57 Å². The molecule has 3 rings (SSSR count). The molecular weight excluding hydrogens is 425 g/mol. The summed E-state index contributed by atoms with van der Waals surface area (Å²) in [7, 11) is -4.39. The number of nitrogens with one attached hydrogen (secondary N) is 1. The Morgan fingerprint density at radius 2 is 1.83 bits per heavy atom. The quantitative estimate of drug-likeness (QED) is 0.472. The SMILES string of the molecule is Cc1cn(-c2cc(NS(=O)(=O)c3ccc(C)c([N+](=O)[O-])c3)cc(C(F)(F)F)c2)cn1. The number of nitro benzene ring substituents is 1. The zero-order chi connectivity index (χ0) is 22.3. The number of aryl methyl sites for hydroxylation is 2. The first-order valence-corrected chi connectivity index (χ1v) is 9.86. The van der Waals surface area contributed by atoms with Gasteiger partial charge in [-0.15, -0.1) is 0 Å². The minimum Gasteiger partial charge on any atom is -0.306 e. The average Bonchev–Trinajstić information content (AvgIpc) is 3.06. The average molecular weight is 440 g/mol. The van der Waals surface area contributed by atoms with E-state index in [4.69, 9.17) is 0 Å². The van der Waals surface area contributed by atoms with Gasteiger partial charge in [-0.2, -0.15) is 13.2 Å². The number of hydrogen-bond donors (Lipinski definition) is 1. The Bertz CT molecular complexity index is 1240. The van der Waals surface area contributed by atoms with Gasteiger partial charge in [-0.1, -0.05) is 6.07 Å². The van der Waals surface area contributed by atoms with Crippen molar-refractivity contribution >= 4 is 21.4 Å². The molecule has 0 aliphatic carbocycles. The summed E-state index contributed by atoms with van der Waals surface area (Å²) in [6.45, 7) is 3.09. The van der Waals surface area contributed by atoms with Crippen molar-refractivity contribution in [1.29, 1.82) is 0 Å². The van der Waals surface area contributed by atoms with Gasteiger partial charge in [-0.3, -0.25) is 14.8 Å². The summed E-state index contributed by atoms with van der Waals surface area (Å²) in [5.74, 6) is 0. The van der Waals surface area contributed by atoms with Gasteiger partial charge in [-0.25, -0.2) is 13.4 Å². The van der Waals surface area contributed by atoms with Crippen LogP contribution in [0.25, 0.3) is 5.69 Å². The fourth-order valence-electron chi connectivity index (χ4n) is 2.71. The Hall–Kier alpha value is -3.41. The van der Waals surface area contributed by atoms with Crippen LogP contribution >= 0.6 is 0 Å². The van der Waals surface area contributed by atoms with Crippen LogP contribution in [0.5, 0.6) is 0 Å². The second kappa shape index (κ2) is 7.44. The van der Waals surface area contributed by atoms with Crippen LogP contribution < -0.4 is 4.72 Å². The molecule has 0 radical (unpaired) electrons. The number of alkyl halides is 3. The van der Waals surface area contributed by atoms with E-state index in [1.165, 1.54) is 36.1 Å². The van der Waals surface area contributed by atoms with Crippen LogP contribution in [0.3, 0.4) is 0 Å². The first-order valence-electron chi connectivity index (χ1n) is 8.38. The van der Waals surface area contributed by atoms with Gasteiger partial charge in [0.1, 0.15) is 0 Å². The molecule has 0 aliphatic heterocycles. The van der Waals surface area contributed by atoms with Crippen molar-refractivity contribution in [2.45, 2.75) is 24.9 Å². The zero-order valence-electron chi connectivity index (χ0n) is 15.6. The molecule has 2 aromatic carbocycles. The lowest BCUT2D eigenvalue weighted by molar-refractivity contribution is -0.385. The maximum absolute atomic E-state index is 13.3. The molecule has 0 saturated heterocycles. The molecule has 1 aromatic heterocycles. The lowest BCUT2D eigenvalue weighted by atomic mass is 10.1. The predicted molar refractivity (Wildman–Crippen MR) is 102 cm³/mol. The summed E-state index contributed by atoms with van der Waals surface area (Å²) in [6, 6.07) is 5.95. The van der Waals surface area contributed by atoms with E-state index in [1.807, 2.05) is 0 Å². The van der Waals surface area contributed by atoms with E-state index in [1.54, 1.807) is 6.92 Å². The highest BCUT2D eigenvalue weighted by Gasteiger charge is 2.32. The number of imidazole rings is 1. The van der Waals surface area contributed by atoms with Gasteiger partial charge >= 0.3 is 6.18 Å². The number of halogens is 3. The molecule has 0 aliphatic rings. The standard InChI is InChI=1S/C18H15F3N4O4S/c1-11-3-4-16(8-17(11)25(26)27)30(28,29)23-14-5-13(18(19,20)21)6-15(7-14)24-9-12(2)22-10-24/h3-10,23H,1-2H3. The van der Waals surface area contributed by atoms with Gasteiger partial charge in [0.15, 0.2) is 0 Å². The first kappa shape index (κ1) is 21.3. The van der Waals surface area contributed by atoms with E-state index >= 15 is 0 Å². The number of nitro groups is 1. The molecule has 12 heteroatoms. The van der Waals surface area contributed by atoms with Gasteiger partial charge in [0.05, 0.1) is 33.1 Å². The van der Waals surface area contributed by atoms with Crippen molar-refractivity contribution in [3.8, 4) is 5.69 Å². The van der Waals surface area contributed by atoms with E-state index in [2.05, 4.69) is 9.71 Å². The highest BCUT2D eigenvalue weighted by molar-refractivity contribution is 7.92. The number of sulfonamides is 1. The lowest BCUT2D eigenvalue weighted by Gasteiger charge is -2.14. The monoisotopic (exact) mass is 440 g/mol. The summed E-state index contributed by atoms with van der Waals surface area (Å²) < 4.78 is 68.7. The fraction of sp³-hybridized carbons (Fsp3) is 0.167. The Morgan fingerprint density at radius 1 is 1.13 bits per heavy atom. The highest BCUT2D eigenvalue weighted by atomic mass is 32.2. The van der Waals surface area contributed by atoms with E-state index in [9.17, 15) is 31.7 Å². The second-order valence-corrected chi connectivity index (χ2v) is 8.18. The maximum Gasteiger partial charge on any atom is 0.416 e. The number of nitrogens with zero attached hydrogens (tertiary/aromatic N) is 3. The molecule has 0 spiro atoms. The minimum absolute atomic E-state index is 0.0398. The van der Waals surface area contributed by atoms with Crippen molar-refractivity contribution in [2.75, 3.05) is 4.72 Å². The van der Waals surface area contributed by atoms with Gasteiger partial charge in [0.2, 0.25) is 0 Å². The van der Waals surface area contributed by atoms with E-state index in [0.29, 0.717) is 11.8 Å². The number of aromatic nitrogens is 2. The third kappa shape index (κ3) is 4.43. The molecule has 158 valence electrons. The molecule has 8 nitrogen and oxygen atoms in total. The Morgan fingerprint density at radius 3 is 2.40 bits per heavy atom. The third-order valence-corrected chi connectivity index (χ3v) is 5.57. The number of anilines is 1. The molecular formula is C18H15F3N4O4S. The van der Waals surface area contributed by atoms with Crippen molar-refractivity contribution in [3.05, 3.63) is 75.9 Å². The number of rotatable bonds is 5. The number of hydrogen-bond acceptors (Lipinski definition) is 5. The largest absolute Gasteiger partial charge is 0.416 e. The van der Waals surface area contributed by atoms with Crippen molar-refractivity contribution in [1.82, 2.24) is 9.55 Å². The predicted octanol–water partition coefficient (Wildman–Crippen LogP) is 4.22. The van der Waals surface area contributed by atoms with Crippen LogP contribution in [0.2, 0.25) is 0 Å². The summed E-state index contributed by atoms with van der Waals surface area (Å²) in [5, 5.41) is 11.1. The second-order valence-electron chi connectivity index (χ2n) is 6.50. The molecule has 3 aromatic rings. The molecule has 1 heterocycles. The Labute approximate surface area is 169 Å². The van der Waals surface area contributed by atoms with Gasteiger partial charge in [0.25, 0.3) is 15.7 Å². The van der Waals surface area contributed by atoms with E-state index in [-0.39, 0.29) is 16.9 Å². The third-order valence-electron chi connectivity index (χ3n) is 4.19. The first-order chi connectivity index (χ1) is 13.9. The summed E-state index contributed by atoms with van der Waals surface area (Å²) in [4.78, 5) is 13.8. The van der Waals surface area contributed by atoms with Crippen LogP contribution in [-0.2, 0) is 16.2 Å². The van der Waals surface area contributed by atoms with Crippen LogP contribution in [0.15, 0.2) is 53.8 Å². The molecule has 0 saturated carbocycles. The van der Waals surface area contributed by atoms with Crippen molar-refractivity contribution in [3.63, 3.8) is 0 Å². The molecule has 0 fully saturated rings. The molecule has 0 amide bonds. The molecule has 1 N–H and O–H groups in total. The van der Waals surface area contributed by atoms with E-state index < -0.39 is 37.3 Å². The Balaban J connectivity index is 2.07. The summed E-state index contributed by atoms with van der Waals surface area (Å²) in [5.41, 5.74) is -1.000. The molecule has 30 heavy (non-hydrogen) atoms. The number of benzene rings is 2. The molecule has 0 unspecified atom stereocenters. The van der Waals surface area contributed by atoms with Crippen molar-refractivity contribution in [2.24, 2.45) is 0 Å². The Kier molecular flexibility index (Phi) is 5.29. The van der Waals surface area contributed by atoms with Crippen molar-refractivity contribution < 1.29 is 26.5 Å². The van der Waals surface area contributed by atoms with Gasteiger partial charge in [-0.05, 0) is 38.1 Å². The normalized spacial score (nSPS) is 12.0. The molecule has 0 atom stereocenters. The van der Waals surface area contributed by atoms with E-state index in [0.717, 1.165) is 18.2 Å². The maximum atomic E-state index is 13.3. The topological polar surface area (TPSA) is 107 Å². The highest BCUT2D eigenvalue weighted by Crippen LogP contribution is 2.34. The zero-order valence-corrected chi connectivity index (χ0v) is 16.5. The minimum atomic E-state index is -4.73. The smallest absolute Gasteiger partial charge is 0.306 e. The van der Waals surface area contributed by atoms with Gasteiger partial charge in [0, 0.05) is 23.5 Å². The van der Waals surface area contributed by atoms with Crippen LogP contribution in [-0.4, -0.2) is 22.9 Å². The van der Waals surface area contributed by atoms with Crippen LogP contribution in [0.4, 0.5) is 24.5 Å².